The molecule has 0 aromatic heterocycles. The Morgan fingerprint density at radius 2 is 1.75 bits per heavy atom. The van der Waals surface area contributed by atoms with Crippen LogP contribution in [0, 0.1) is 6.92 Å². The SMILES string of the molecule is CC[C@H](C(=O)N[C@H]1CC(CC)(CC)Oc2ccccc21)N(c1ccc(C)cc1)S(C)(=O)=O. The average Bonchev–Trinajstić information content (AvgIpc) is 2.77. The van der Waals surface area contributed by atoms with Gasteiger partial charge in [0.2, 0.25) is 15.9 Å². The van der Waals surface area contributed by atoms with Crippen molar-refractivity contribution in [3.63, 3.8) is 0 Å². The van der Waals surface area contributed by atoms with Crippen molar-refractivity contribution in [1.82, 2.24) is 5.32 Å². The van der Waals surface area contributed by atoms with Gasteiger partial charge in [0.1, 0.15) is 17.4 Å². The lowest BCUT2D eigenvalue weighted by molar-refractivity contribution is -0.123. The zero-order valence-corrected chi connectivity index (χ0v) is 20.4. The summed E-state index contributed by atoms with van der Waals surface area (Å²) in [7, 11) is -3.67. The van der Waals surface area contributed by atoms with Gasteiger partial charge in [0.15, 0.2) is 0 Å². The quantitative estimate of drug-likeness (QED) is 0.620. The number of para-hydroxylation sites is 1. The maximum Gasteiger partial charge on any atom is 0.244 e. The third-order valence-corrected chi connectivity index (χ3v) is 7.60. The van der Waals surface area contributed by atoms with Gasteiger partial charge in [0.25, 0.3) is 0 Å². The monoisotopic (exact) mass is 458 g/mol. The molecule has 0 fully saturated rings. The molecule has 1 heterocycles. The van der Waals surface area contributed by atoms with Crippen LogP contribution in [-0.4, -0.2) is 32.2 Å². The van der Waals surface area contributed by atoms with Crippen LogP contribution in [0.25, 0.3) is 0 Å². The van der Waals surface area contributed by atoms with E-state index in [4.69, 9.17) is 4.74 Å². The van der Waals surface area contributed by atoms with Crippen LogP contribution in [0.15, 0.2) is 48.5 Å². The van der Waals surface area contributed by atoms with Crippen molar-refractivity contribution in [3.05, 3.63) is 59.7 Å². The van der Waals surface area contributed by atoms with Crippen LogP contribution in [-0.2, 0) is 14.8 Å². The van der Waals surface area contributed by atoms with E-state index in [-0.39, 0.29) is 17.6 Å². The van der Waals surface area contributed by atoms with Crippen LogP contribution in [0.3, 0.4) is 0 Å². The molecular weight excluding hydrogens is 424 g/mol. The molecule has 2 aromatic carbocycles. The predicted molar refractivity (Wildman–Crippen MR) is 128 cm³/mol. The molecule has 1 amide bonds. The van der Waals surface area contributed by atoms with Gasteiger partial charge in [-0.2, -0.15) is 0 Å². The fourth-order valence-electron chi connectivity index (χ4n) is 4.45. The Balaban J connectivity index is 1.95. The molecule has 0 unspecified atom stereocenters. The van der Waals surface area contributed by atoms with Gasteiger partial charge in [-0.3, -0.25) is 9.10 Å². The fraction of sp³-hybridized carbons (Fsp3) is 0.480. The zero-order valence-electron chi connectivity index (χ0n) is 19.6. The number of carbonyl (C=O) groups excluding carboxylic acids is 1. The maximum atomic E-state index is 13.5. The fourth-order valence-corrected chi connectivity index (χ4v) is 5.66. The van der Waals surface area contributed by atoms with E-state index in [0.29, 0.717) is 18.5 Å². The molecule has 0 radical (unpaired) electrons. The van der Waals surface area contributed by atoms with Gasteiger partial charge in [-0.15, -0.1) is 0 Å². The van der Waals surface area contributed by atoms with Crippen molar-refractivity contribution in [3.8, 4) is 5.75 Å². The Bertz CT molecular complexity index is 1050. The van der Waals surface area contributed by atoms with Crippen molar-refractivity contribution in [1.29, 1.82) is 0 Å². The molecule has 3 rings (SSSR count). The lowest BCUT2D eigenvalue weighted by Gasteiger charge is -2.42. The Morgan fingerprint density at radius 3 is 2.31 bits per heavy atom. The molecule has 2 aromatic rings. The van der Waals surface area contributed by atoms with E-state index in [2.05, 4.69) is 19.2 Å². The highest BCUT2D eigenvalue weighted by Crippen LogP contribution is 2.42. The van der Waals surface area contributed by atoms with Crippen LogP contribution in [0.2, 0.25) is 0 Å². The Labute approximate surface area is 192 Å². The number of benzene rings is 2. The summed E-state index contributed by atoms with van der Waals surface area (Å²) < 4.78 is 33.0. The van der Waals surface area contributed by atoms with Crippen LogP contribution >= 0.6 is 0 Å². The summed E-state index contributed by atoms with van der Waals surface area (Å²) in [5.74, 6) is 0.473. The molecule has 0 aliphatic carbocycles. The number of fused-ring (bicyclic) bond motifs is 1. The first-order valence-electron chi connectivity index (χ1n) is 11.3. The Hall–Kier alpha value is -2.54. The summed E-state index contributed by atoms with van der Waals surface area (Å²) in [5.41, 5.74) is 2.08. The van der Waals surface area contributed by atoms with Crippen molar-refractivity contribution in [2.24, 2.45) is 0 Å². The van der Waals surface area contributed by atoms with Crippen LogP contribution in [0.4, 0.5) is 5.69 Å². The third-order valence-electron chi connectivity index (χ3n) is 6.42. The van der Waals surface area contributed by atoms with E-state index < -0.39 is 16.1 Å². The van der Waals surface area contributed by atoms with Gasteiger partial charge < -0.3 is 10.1 Å². The second kappa shape index (κ2) is 9.53. The molecule has 0 saturated carbocycles. The molecule has 1 aliphatic rings. The van der Waals surface area contributed by atoms with E-state index >= 15 is 0 Å². The van der Waals surface area contributed by atoms with E-state index in [1.165, 1.54) is 4.31 Å². The van der Waals surface area contributed by atoms with E-state index in [1.807, 2.05) is 50.2 Å². The molecule has 0 spiro atoms. The number of nitrogens with one attached hydrogen (secondary N) is 1. The number of rotatable bonds is 8. The molecule has 6 nitrogen and oxygen atoms in total. The van der Waals surface area contributed by atoms with Crippen molar-refractivity contribution in [2.45, 2.75) is 71.1 Å². The Kier molecular flexibility index (Phi) is 7.18. The summed E-state index contributed by atoms with van der Waals surface area (Å²) in [5, 5.41) is 3.16. The molecule has 0 bridgehead atoms. The highest BCUT2D eigenvalue weighted by Gasteiger charge is 2.40. The van der Waals surface area contributed by atoms with Crippen molar-refractivity contribution < 1.29 is 17.9 Å². The minimum atomic E-state index is -3.67. The second-order valence-corrected chi connectivity index (χ2v) is 10.5. The Morgan fingerprint density at radius 1 is 1.12 bits per heavy atom. The van der Waals surface area contributed by atoms with E-state index in [1.54, 1.807) is 12.1 Å². The summed E-state index contributed by atoms with van der Waals surface area (Å²) in [4.78, 5) is 13.5. The van der Waals surface area contributed by atoms with Crippen molar-refractivity contribution in [2.75, 3.05) is 10.6 Å². The first-order chi connectivity index (χ1) is 15.1. The number of hydrogen-bond donors (Lipinski definition) is 1. The van der Waals surface area contributed by atoms with Crippen LogP contribution < -0.4 is 14.4 Å². The first kappa shape index (κ1) is 24.1. The van der Waals surface area contributed by atoms with Gasteiger partial charge in [0.05, 0.1) is 18.0 Å². The predicted octanol–water partition coefficient (Wildman–Crippen LogP) is 4.74. The summed E-state index contributed by atoms with van der Waals surface area (Å²) in [6.45, 7) is 7.95. The molecule has 32 heavy (non-hydrogen) atoms. The third kappa shape index (κ3) is 4.93. The molecule has 2 atom stereocenters. The maximum absolute atomic E-state index is 13.5. The lowest BCUT2D eigenvalue weighted by atomic mass is 9.83. The zero-order chi connectivity index (χ0) is 23.5. The highest BCUT2D eigenvalue weighted by atomic mass is 32.2. The number of aryl methyl sites for hydroxylation is 1. The number of carbonyl (C=O) groups is 1. The number of hydrogen-bond acceptors (Lipinski definition) is 4. The molecule has 174 valence electrons. The summed E-state index contributed by atoms with van der Waals surface area (Å²) in [6, 6.07) is 13.8. The number of nitrogens with zero attached hydrogens (tertiary/aromatic N) is 1. The van der Waals surface area contributed by atoms with E-state index in [0.717, 1.165) is 36.0 Å². The molecular formula is C25H34N2O4S. The normalized spacial score (nSPS) is 18.2. The minimum Gasteiger partial charge on any atom is -0.487 e. The van der Waals surface area contributed by atoms with E-state index in [9.17, 15) is 13.2 Å². The van der Waals surface area contributed by atoms with Crippen molar-refractivity contribution >= 4 is 21.6 Å². The lowest BCUT2D eigenvalue weighted by Crippen LogP contribution is -2.52. The van der Waals surface area contributed by atoms with Gasteiger partial charge in [-0.25, -0.2) is 8.42 Å². The number of ether oxygens (including phenoxy) is 1. The molecule has 1 N–H and O–H groups in total. The molecule has 0 saturated heterocycles. The number of anilines is 1. The smallest absolute Gasteiger partial charge is 0.244 e. The summed E-state index contributed by atoms with van der Waals surface area (Å²) >= 11 is 0. The van der Waals surface area contributed by atoms with Gasteiger partial charge in [0, 0.05) is 12.0 Å². The largest absolute Gasteiger partial charge is 0.487 e. The average molecular weight is 459 g/mol. The molecule has 1 aliphatic heterocycles. The molecule has 7 heteroatoms. The van der Waals surface area contributed by atoms with Crippen LogP contribution in [0.5, 0.6) is 5.75 Å². The van der Waals surface area contributed by atoms with Gasteiger partial charge >= 0.3 is 0 Å². The number of amides is 1. The van der Waals surface area contributed by atoms with Gasteiger partial charge in [-0.1, -0.05) is 56.7 Å². The standard InChI is InChI=1S/C25H34N2O4S/c1-6-22(27(32(5,29)30)19-15-13-18(4)14-16-19)24(28)26-21-17-25(7-2,8-3)31-23-12-10-9-11-20(21)23/h9-16,21-22H,6-8,17H2,1-5H3,(H,26,28)/t21-,22+/m0/s1. The number of sulfonamides is 1. The summed E-state index contributed by atoms with van der Waals surface area (Å²) in [6.07, 6.45) is 3.78. The minimum absolute atomic E-state index is 0.249. The first-order valence-corrected chi connectivity index (χ1v) is 13.1. The topological polar surface area (TPSA) is 75.7 Å². The van der Waals surface area contributed by atoms with Crippen LogP contribution in [0.1, 0.15) is 63.6 Å². The van der Waals surface area contributed by atoms with Gasteiger partial charge in [-0.05, 0) is 44.4 Å². The second-order valence-electron chi connectivity index (χ2n) is 8.61. The highest BCUT2D eigenvalue weighted by molar-refractivity contribution is 7.92.